The van der Waals surface area contributed by atoms with Crippen LogP contribution >= 0.6 is 24.2 Å². The maximum absolute atomic E-state index is 5.64. The van der Waals surface area contributed by atoms with Crippen LogP contribution in [0.5, 0.6) is 0 Å². The van der Waals surface area contributed by atoms with Crippen LogP contribution in [0.15, 0.2) is 23.8 Å². The third kappa shape index (κ3) is 3.98. The maximum Gasteiger partial charge on any atom is 0.150 e. The van der Waals surface area contributed by atoms with Crippen molar-refractivity contribution >= 4 is 35.2 Å². The molecule has 4 heterocycles. The van der Waals surface area contributed by atoms with Crippen molar-refractivity contribution in [1.29, 1.82) is 0 Å². The molecule has 1 saturated carbocycles. The van der Waals surface area contributed by atoms with Gasteiger partial charge < -0.3 is 4.74 Å². The molecule has 7 heteroatoms. The number of aryl methyl sites for hydroxylation is 1. The lowest BCUT2D eigenvalue weighted by atomic mass is 9.81. The van der Waals surface area contributed by atoms with Crippen LogP contribution in [0.3, 0.4) is 0 Å². The summed E-state index contributed by atoms with van der Waals surface area (Å²) in [5.41, 5.74) is 4.48. The lowest BCUT2D eigenvalue weighted by Crippen LogP contribution is -2.39. The van der Waals surface area contributed by atoms with Gasteiger partial charge in [0.2, 0.25) is 0 Å². The summed E-state index contributed by atoms with van der Waals surface area (Å²) in [6.07, 6.45) is 10.3. The number of nitrogens with zero attached hydrogens (tertiary/aromatic N) is 4. The minimum atomic E-state index is 0.598. The van der Waals surface area contributed by atoms with Gasteiger partial charge in [0.05, 0.1) is 6.61 Å². The highest BCUT2D eigenvalue weighted by molar-refractivity contribution is 7.78. The molecule has 2 fully saturated rings. The van der Waals surface area contributed by atoms with Crippen LogP contribution in [0, 0.1) is 6.92 Å². The summed E-state index contributed by atoms with van der Waals surface area (Å²) in [4.78, 5) is 12.1. The Morgan fingerprint density at radius 2 is 2.03 bits per heavy atom. The van der Waals surface area contributed by atoms with E-state index in [2.05, 4.69) is 40.3 Å². The van der Waals surface area contributed by atoms with Gasteiger partial charge in [-0.2, -0.15) is 0 Å². The van der Waals surface area contributed by atoms with E-state index < -0.39 is 0 Å². The third-order valence-corrected chi connectivity index (χ3v) is 7.74. The first-order valence-corrected chi connectivity index (χ1v) is 11.9. The number of aromatic nitrogens is 3. The van der Waals surface area contributed by atoms with Gasteiger partial charge in [-0.15, -0.1) is 11.3 Å². The van der Waals surface area contributed by atoms with Gasteiger partial charge in [0.25, 0.3) is 0 Å². The zero-order valence-corrected chi connectivity index (χ0v) is 18.6. The number of hydrogen-bond donors (Lipinski definition) is 1. The van der Waals surface area contributed by atoms with Gasteiger partial charge >= 0.3 is 0 Å². The van der Waals surface area contributed by atoms with Crippen molar-refractivity contribution in [3.8, 4) is 10.6 Å². The lowest BCUT2D eigenvalue weighted by Gasteiger charge is -2.36. The number of rotatable bonds is 3. The second kappa shape index (κ2) is 8.38. The Kier molecular flexibility index (Phi) is 5.65. The van der Waals surface area contributed by atoms with Crippen molar-refractivity contribution in [1.82, 2.24) is 18.8 Å². The molecule has 3 aromatic rings. The summed E-state index contributed by atoms with van der Waals surface area (Å²) < 4.78 is 7.46. The highest BCUT2D eigenvalue weighted by atomic mass is 32.1. The van der Waals surface area contributed by atoms with Gasteiger partial charge in [0.1, 0.15) is 10.7 Å². The van der Waals surface area contributed by atoms with Gasteiger partial charge in [-0.1, -0.05) is 12.8 Å². The summed E-state index contributed by atoms with van der Waals surface area (Å²) in [5, 5.41) is 4.31. The van der Waals surface area contributed by atoms with E-state index in [0.717, 1.165) is 47.7 Å². The molecule has 1 aliphatic carbocycles. The van der Waals surface area contributed by atoms with Crippen molar-refractivity contribution in [2.24, 2.45) is 0 Å². The van der Waals surface area contributed by atoms with Gasteiger partial charge in [-0.25, -0.2) is 9.97 Å². The summed E-state index contributed by atoms with van der Waals surface area (Å²) >= 11 is 6.27. The molecule has 0 aromatic carbocycles. The van der Waals surface area contributed by atoms with E-state index in [1.165, 1.54) is 49.6 Å². The number of thiazole rings is 1. The normalized spacial score (nSPS) is 24.1. The minimum Gasteiger partial charge on any atom is -0.380 e. The Morgan fingerprint density at radius 3 is 2.83 bits per heavy atom. The first-order chi connectivity index (χ1) is 14.2. The summed E-state index contributed by atoms with van der Waals surface area (Å²) in [6, 6.07) is 3.06. The Balaban J connectivity index is 1.36. The fourth-order valence-corrected chi connectivity index (χ4v) is 5.98. The SMILES string of the molecule is Cc1csc(-c2cn(S)c3ncc([C@H]4CC[C@H](N5CCCOCC5)CC4)cc23)n1. The fraction of sp³-hybridized carbons (Fsp3) is 0.545. The smallest absolute Gasteiger partial charge is 0.150 e. The van der Waals surface area contributed by atoms with Crippen LogP contribution in [0.25, 0.3) is 21.6 Å². The van der Waals surface area contributed by atoms with Gasteiger partial charge in [0, 0.05) is 60.2 Å². The van der Waals surface area contributed by atoms with Crippen molar-refractivity contribution in [3.05, 3.63) is 35.1 Å². The predicted molar refractivity (Wildman–Crippen MR) is 122 cm³/mol. The molecule has 29 heavy (non-hydrogen) atoms. The van der Waals surface area contributed by atoms with Crippen LogP contribution in [-0.4, -0.2) is 51.2 Å². The molecule has 2 aliphatic rings. The van der Waals surface area contributed by atoms with E-state index in [9.17, 15) is 0 Å². The maximum atomic E-state index is 5.64. The number of fused-ring (bicyclic) bond motifs is 1. The van der Waals surface area contributed by atoms with E-state index in [0.29, 0.717) is 5.92 Å². The quantitative estimate of drug-likeness (QED) is 0.602. The molecule has 0 spiro atoms. The molecule has 5 rings (SSSR count). The predicted octanol–water partition coefficient (Wildman–Crippen LogP) is 4.91. The molecule has 0 amide bonds. The Bertz CT molecular complexity index is 982. The van der Waals surface area contributed by atoms with Crippen LogP contribution in [0.4, 0.5) is 0 Å². The molecular weight excluding hydrogens is 400 g/mol. The molecule has 1 saturated heterocycles. The topological polar surface area (TPSA) is 43.2 Å². The Morgan fingerprint density at radius 1 is 1.17 bits per heavy atom. The summed E-state index contributed by atoms with van der Waals surface area (Å²) in [6.45, 7) is 6.13. The van der Waals surface area contributed by atoms with E-state index >= 15 is 0 Å². The summed E-state index contributed by atoms with van der Waals surface area (Å²) in [7, 11) is 0. The van der Waals surface area contributed by atoms with E-state index in [-0.39, 0.29) is 0 Å². The molecule has 0 bridgehead atoms. The van der Waals surface area contributed by atoms with Crippen molar-refractivity contribution < 1.29 is 4.74 Å². The van der Waals surface area contributed by atoms with Crippen molar-refractivity contribution in [3.63, 3.8) is 0 Å². The fourth-order valence-electron chi connectivity index (χ4n) is 4.88. The molecule has 0 radical (unpaired) electrons. The van der Waals surface area contributed by atoms with E-state index in [4.69, 9.17) is 9.72 Å². The van der Waals surface area contributed by atoms with Crippen LogP contribution in [0.1, 0.15) is 49.3 Å². The zero-order chi connectivity index (χ0) is 19.8. The number of thiol groups is 1. The first-order valence-electron chi connectivity index (χ1n) is 10.6. The van der Waals surface area contributed by atoms with Crippen molar-refractivity contribution in [2.45, 2.75) is 51.0 Å². The summed E-state index contributed by atoms with van der Waals surface area (Å²) in [5.74, 6) is 0.598. The van der Waals surface area contributed by atoms with Gasteiger partial charge in [-0.05, 0) is 56.6 Å². The molecule has 0 unspecified atom stereocenters. The third-order valence-electron chi connectivity index (χ3n) is 6.44. The minimum absolute atomic E-state index is 0.598. The standard InChI is InChI=1S/C22H28N4OS2/c1-15-14-29-22(24-15)20-13-26(28)21-19(20)11-17(12-23-21)16-3-5-18(6-4-16)25-7-2-9-27-10-8-25/h11-14,16,18,28H,2-10H2,1H3/t16-,18-. The van der Waals surface area contributed by atoms with Crippen LogP contribution < -0.4 is 0 Å². The van der Waals surface area contributed by atoms with Gasteiger partial charge in [0.15, 0.2) is 0 Å². The first kappa shape index (κ1) is 19.5. The Hall–Kier alpha value is -1.41. The van der Waals surface area contributed by atoms with Crippen LogP contribution in [-0.2, 0) is 4.74 Å². The molecule has 3 aromatic heterocycles. The highest BCUT2D eigenvalue weighted by Gasteiger charge is 2.28. The highest BCUT2D eigenvalue weighted by Crippen LogP contribution is 2.38. The molecule has 5 nitrogen and oxygen atoms in total. The zero-order valence-electron chi connectivity index (χ0n) is 16.9. The second-order valence-corrected chi connectivity index (χ2v) is 9.62. The number of pyridine rings is 1. The number of hydrogen-bond acceptors (Lipinski definition) is 6. The van der Waals surface area contributed by atoms with Crippen LogP contribution in [0.2, 0.25) is 0 Å². The largest absolute Gasteiger partial charge is 0.380 e. The molecular formula is C22H28N4OS2. The van der Waals surface area contributed by atoms with Crippen molar-refractivity contribution in [2.75, 3.05) is 26.3 Å². The monoisotopic (exact) mass is 428 g/mol. The van der Waals surface area contributed by atoms with E-state index in [1.54, 1.807) is 11.3 Å². The number of ether oxygens (including phenoxy) is 1. The lowest BCUT2D eigenvalue weighted by molar-refractivity contribution is 0.118. The molecule has 0 N–H and O–H groups in total. The molecule has 0 atom stereocenters. The average molecular weight is 429 g/mol. The van der Waals surface area contributed by atoms with E-state index in [1.807, 2.05) is 17.1 Å². The average Bonchev–Trinajstić information content (AvgIpc) is 3.19. The molecule has 1 aliphatic heterocycles. The second-order valence-electron chi connectivity index (χ2n) is 8.33. The molecule has 154 valence electrons. The van der Waals surface area contributed by atoms with Gasteiger partial charge in [-0.3, -0.25) is 8.87 Å². The Labute approximate surface area is 181 Å².